The van der Waals surface area contributed by atoms with Gasteiger partial charge in [-0.05, 0) is 26.0 Å². The van der Waals surface area contributed by atoms with Crippen LogP contribution in [0.4, 0.5) is 17.6 Å². The zero-order chi connectivity index (χ0) is 21.4. The van der Waals surface area contributed by atoms with Crippen LogP contribution in [-0.4, -0.2) is 14.5 Å². The average molecular weight is 423 g/mol. The quantitative estimate of drug-likeness (QED) is 0.214. The van der Waals surface area contributed by atoms with Crippen LogP contribution in [0.5, 0.6) is 0 Å². The fourth-order valence-electron chi connectivity index (χ4n) is 5.73. The van der Waals surface area contributed by atoms with Crippen LogP contribution in [-0.2, 0) is 11.1 Å². The number of pyridine rings is 3. The van der Waals surface area contributed by atoms with E-state index in [9.17, 15) is 8.78 Å². The predicted molar refractivity (Wildman–Crippen MR) is 97.2 cm³/mol. The largest absolute Gasteiger partial charge is 0.405 e. The van der Waals surface area contributed by atoms with Gasteiger partial charge in [0.15, 0.2) is 0 Å². The Morgan fingerprint density at radius 3 is 2.35 bits per heavy atom. The monoisotopic (exact) mass is 423 g/mol. The smallest absolute Gasteiger partial charge is 0.190 e. The molecule has 0 saturated heterocycles. The van der Waals surface area contributed by atoms with Crippen LogP contribution >= 0.6 is 0 Å². The molecule has 1 atom stereocenters. The average Bonchev–Trinajstić information content (AvgIpc) is 3.30. The van der Waals surface area contributed by atoms with Crippen molar-refractivity contribution in [3.8, 4) is 17.1 Å². The second kappa shape index (κ2) is 4.82. The summed E-state index contributed by atoms with van der Waals surface area (Å²) in [6.07, 6.45) is -1.03. The molecule has 0 saturated carbocycles. The molecule has 152 valence electrons. The summed E-state index contributed by atoms with van der Waals surface area (Å²) in [5.74, 6) is -2.75. The molecule has 4 aromatic rings. The van der Waals surface area contributed by atoms with Gasteiger partial charge >= 0.3 is 11.7 Å². The lowest BCUT2D eigenvalue weighted by Crippen LogP contribution is -2.79. The second-order valence-electron chi connectivity index (χ2n) is 8.55. The Kier molecular flexibility index (Phi) is 2.66. The number of rotatable bonds is 0. The normalized spacial score (nSPS) is 20.3. The molecule has 3 aliphatic rings. The first-order valence-corrected chi connectivity index (χ1v) is 9.73. The van der Waals surface area contributed by atoms with E-state index in [4.69, 9.17) is 0 Å². The van der Waals surface area contributed by atoms with Gasteiger partial charge in [-0.15, -0.1) is 18.5 Å². The SMILES string of the molecule is CC1(C)c2cccc3[n+]2[C@]2(c4cc(F)nc(F)c4-3)c3c(F)nc(F)n3-c3cccc1[n+]32. The minimum atomic E-state index is -1.57. The van der Waals surface area contributed by atoms with Crippen molar-refractivity contribution in [3.05, 3.63) is 89.0 Å². The van der Waals surface area contributed by atoms with Crippen LogP contribution in [0, 0.1) is 23.9 Å². The summed E-state index contributed by atoms with van der Waals surface area (Å²) in [4.78, 5) is 6.80. The van der Waals surface area contributed by atoms with Gasteiger partial charge in [0, 0.05) is 24.3 Å². The van der Waals surface area contributed by atoms with Crippen molar-refractivity contribution >= 4 is 0 Å². The summed E-state index contributed by atoms with van der Waals surface area (Å²) in [5, 5.41) is 0. The molecule has 0 unspecified atom stereocenters. The van der Waals surface area contributed by atoms with E-state index in [0.717, 1.165) is 22.0 Å². The molecule has 0 radical (unpaired) electrons. The Morgan fingerprint density at radius 2 is 1.58 bits per heavy atom. The molecule has 7 rings (SSSR count). The van der Waals surface area contributed by atoms with E-state index in [1.165, 1.54) is 0 Å². The number of halogens is 4. The third kappa shape index (κ3) is 1.56. The third-order valence-corrected chi connectivity index (χ3v) is 6.82. The molecular weight excluding hydrogens is 410 g/mol. The van der Waals surface area contributed by atoms with Gasteiger partial charge < -0.3 is 0 Å². The zero-order valence-electron chi connectivity index (χ0n) is 16.3. The van der Waals surface area contributed by atoms with E-state index < -0.39 is 35.0 Å². The molecule has 0 aliphatic carbocycles. The highest BCUT2D eigenvalue weighted by molar-refractivity contribution is 5.67. The van der Waals surface area contributed by atoms with Gasteiger partial charge in [0.05, 0.1) is 0 Å². The molecule has 0 amide bonds. The summed E-state index contributed by atoms with van der Waals surface area (Å²) < 4.78 is 64.4. The van der Waals surface area contributed by atoms with Crippen molar-refractivity contribution in [1.29, 1.82) is 0 Å². The van der Waals surface area contributed by atoms with Crippen LogP contribution in [0.25, 0.3) is 17.1 Å². The highest BCUT2D eigenvalue weighted by Gasteiger charge is 2.75. The van der Waals surface area contributed by atoms with Crippen molar-refractivity contribution in [2.24, 2.45) is 0 Å². The van der Waals surface area contributed by atoms with E-state index in [1.54, 1.807) is 33.4 Å². The number of hydrogen-bond acceptors (Lipinski definition) is 2. The molecular formula is C22H13F4N5+2. The summed E-state index contributed by atoms with van der Waals surface area (Å²) in [6.45, 7) is 3.97. The second-order valence-corrected chi connectivity index (χ2v) is 8.55. The molecule has 0 fully saturated rings. The van der Waals surface area contributed by atoms with Gasteiger partial charge in [0.1, 0.15) is 22.2 Å². The molecule has 0 aromatic carbocycles. The fraction of sp³-hybridized carbons (Fsp3) is 0.182. The topological polar surface area (TPSA) is 38.5 Å². The van der Waals surface area contributed by atoms with Crippen LogP contribution < -0.4 is 9.13 Å². The summed E-state index contributed by atoms with van der Waals surface area (Å²) in [5.41, 5.74) is -0.203. The van der Waals surface area contributed by atoms with Crippen LogP contribution in [0.15, 0.2) is 42.5 Å². The van der Waals surface area contributed by atoms with Crippen LogP contribution in [0.2, 0.25) is 0 Å². The van der Waals surface area contributed by atoms with Crippen molar-refractivity contribution in [2.75, 3.05) is 0 Å². The summed E-state index contributed by atoms with van der Waals surface area (Å²) >= 11 is 0. The van der Waals surface area contributed by atoms with Crippen molar-refractivity contribution in [2.45, 2.75) is 24.9 Å². The van der Waals surface area contributed by atoms with E-state index >= 15 is 8.78 Å². The minimum absolute atomic E-state index is 0.0589. The summed E-state index contributed by atoms with van der Waals surface area (Å²) in [7, 11) is 0. The molecule has 4 aromatic heterocycles. The lowest BCUT2D eigenvalue weighted by Gasteiger charge is -2.33. The van der Waals surface area contributed by atoms with Crippen molar-refractivity contribution < 1.29 is 26.7 Å². The molecule has 5 nitrogen and oxygen atoms in total. The number of imidazole rings is 1. The van der Waals surface area contributed by atoms with Crippen molar-refractivity contribution in [1.82, 2.24) is 14.5 Å². The molecule has 7 heterocycles. The Labute approximate surface area is 172 Å². The van der Waals surface area contributed by atoms with Gasteiger partial charge in [-0.3, -0.25) is 0 Å². The van der Waals surface area contributed by atoms with E-state index in [2.05, 4.69) is 9.97 Å². The van der Waals surface area contributed by atoms with E-state index in [1.807, 2.05) is 26.0 Å². The first kappa shape index (κ1) is 17.1. The van der Waals surface area contributed by atoms with Gasteiger partial charge in [-0.1, -0.05) is 6.07 Å². The standard InChI is InChI=1S/C22H13F4N5/c1-21(2)12-6-3-5-11-16-10(9-14(23)27-18(16)24)22(30(11)12)17-19(25)28-20(26)29(17)15-8-4-7-13(21)31(15)22/h3-9H,1-2H3/q+2/t22-/m0/s1. The molecule has 0 N–H and O–H groups in total. The zero-order valence-corrected chi connectivity index (χ0v) is 16.3. The number of hydrogen-bond donors (Lipinski definition) is 0. The van der Waals surface area contributed by atoms with E-state index in [-0.39, 0.29) is 16.8 Å². The fourth-order valence-corrected chi connectivity index (χ4v) is 5.73. The minimum Gasteiger partial charge on any atom is -0.190 e. The highest BCUT2D eigenvalue weighted by atomic mass is 19.2. The van der Waals surface area contributed by atoms with Crippen LogP contribution in [0.3, 0.4) is 0 Å². The first-order valence-electron chi connectivity index (χ1n) is 9.73. The van der Waals surface area contributed by atoms with Gasteiger partial charge in [0.2, 0.25) is 23.3 Å². The predicted octanol–water partition coefficient (Wildman–Crippen LogP) is 2.63. The molecule has 1 spiro atoms. The Hall–Kier alpha value is -3.62. The van der Waals surface area contributed by atoms with Gasteiger partial charge in [0.25, 0.3) is 17.5 Å². The highest BCUT2D eigenvalue weighted by Crippen LogP contribution is 2.50. The number of fused-ring (bicyclic) bond motifs is 4. The lowest BCUT2D eigenvalue weighted by atomic mass is 9.79. The van der Waals surface area contributed by atoms with Gasteiger partial charge in [-0.2, -0.15) is 22.7 Å². The number of aromatic nitrogens is 5. The number of nitrogens with zero attached hydrogens (tertiary/aromatic N) is 5. The molecule has 31 heavy (non-hydrogen) atoms. The Balaban J connectivity index is 1.85. The van der Waals surface area contributed by atoms with Gasteiger partial charge in [-0.25, -0.2) is 0 Å². The maximum atomic E-state index is 15.3. The van der Waals surface area contributed by atoms with Crippen molar-refractivity contribution in [3.63, 3.8) is 0 Å². The Morgan fingerprint density at radius 1 is 0.871 bits per heavy atom. The first-order chi connectivity index (χ1) is 14.8. The van der Waals surface area contributed by atoms with E-state index in [0.29, 0.717) is 11.5 Å². The third-order valence-electron chi connectivity index (χ3n) is 6.82. The molecule has 9 heteroatoms. The Bertz CT molecular complexity index is 1520. The maximum absolute atomic E-state index is 15.3. The van der Waals surface area contributed by atoms with Crippen LogP contribution in [0.1, 0.15) is 36.5 Å². The molecule has 0 bridgehead atoms. The maximum Gasteiger partial charge on any atom is 0.405 e. The lowest BCUT2D eigenvalue weighted by molar-refractivity contribution is -0.972. The summed E-state index contributed by atoms with van der Waals surface area (Å²) in [6, 6.07) is 11.7. The molecule has 3 aliphatic heterocycles.